The third-order valence-corrected chi connectivity index (χ3v) is 4.42. The lowest BCUT2D eigenvalue weighted by atomic mass is 9.88. The maximum atomic E-state index is 12.4. The number of hydrogen-bond donors (Lipinski definition) is 1. The number of likely N-dealkylation sites (tertiary alicyclic amines) is 1. The summed E-state index contributed by atoms with van der Waals surface area (Å²) < 4.78 is 5.43. The van der Waals surface area contributed by atoms with Gasteiger partial charge in [0, 0.05) is 13.1 Å². The molecule has 20 heavy (non-hydrogen) atoms. The molecule has 2 atom stereocenters. The number of carbonyl (C=O) groups excluding carboxylic acids is 1. The van der Waals surface area contributed by atoms with Gasteiger partial charge in [0.15, 0.2) is 0 Å². The van der Waals surface area contributed by atoms with Crippen LogP contribution in [0.2, 0.25) is 0 Å². The number of morpholine rings is 1. The Kier molecular flexibility index (Phi) is 4.65. The second-order valence-corrected chi connectivity index (χ2v) is 5.98. The van der Waals surface area contributed by atoms with Gasteiger partial charge in [0.25, 0.3) is 0 Å². The molecule has 114 valence electrons. The molecule has 0 aromatic heterocycles. The molecule has 2 aliphatic rings. The molecule has 0 spiro atoms. The highest BCUT2D eigenvalue weighted by Gasteiger charge is 2.42. The minimum absolute atomic E-state index is 0.00882. The van der Waals surface area contributed by atoms with E-state index in [1.165, 1.54) is 0 Å². The summed E-state index contributed by atoms with van der Waals surface area (Å²) in [6.45, 7) is 6.29. The van der Waals surface area contributed by atoms with Crippen molar-refractivity contribution in [3.63, 3.8) is 0 Å². The second-order valence-electron chi connectivity index (χ2n) is 5.98. The highest BCUT2D eigenvalue weighted by molar-refractivity contribution is 5.82. The molecule has 2 heterocycles. The van der Waals surface area contributed by atoms with Crippen LogP contribution in [0.25, 0.3) is 0 Å². The van der Waals surface area contributed by atoms with E-state index in [1.54, 1.807) is 11.8 Å². The van der Waals surface area contributed by atoms with Crippen LogP contribution in [0.3, 0.4) is 0 Å². The van der Waals surface area contributed by atoms with Crippen molar-refractivity contribution in [1.29, 1.82) is 0 Å². The van der Waals surface area contributed by atoms with Gasteiger partial charge < -0.3 is 14.7 Å². The van der Waals surface area contributed by atoms with Gasteiger partial charge in [-0.25, -0.2) is 0 Å². The molecule has 6 heteroatoms. The topological polar surface area (TPSA) is 70.1 Å². The van der Waals surface area contributed by atoms with E-state index in [2.05, 4.69) is 0 Å². The van der Waals surface area contributed by atoms with Crippen molar-refractivity contribution in [2.75, 3.05) is 32.8 Å². The Hall–Kier alpha value is -1.14. The highest BCUT2D eigenvalue weighted by Crippen LogP contribution is 2.28. The zero-order valence-corrected chi connectivity index (χ0v) is 12.3. The van der Waals surface area contributed by atoms with E-state index < -0.39 is 11.5 Å². The summed E-state index contributed by atoms with van der Waals surface area (Å²) >= 11 is 0. The van der Waals surface area contributed by atoms with Crippen LogP contribution in [0.15, 0.2) is 0 Å². The molecule has 6 nitrogen and oxygen atoms in total. The Balaban J connectivity index is 1.99. The Morgan fingerprint density at radius 3 is 2.75 bits per heavy atom. The predicted molar refractivity (Wildman–Crippen MR) is 73.5 cm³/mol. The number of rotatable bonds is 3. The van der Waals surface area contributed by atoms with Crippen LogP contribution < -0.4 is 0 Å². The van der Waals surface area contributed by atoms with Gasteiger partial charge in [-0.05, 0) is 39.7 Å². The lowest BCUT2D eigenvalue weighted by Crippen LogP contribution is -2.58. The maximum absolute atomic E-state index is 12.4. The molecule has 2 aliphatic heterocycles. The molecular formula is C14H24N2O4. The average Bonchev–Trinajstić information content (AvgIpc) is 2.41. The number of carboxylic acid groups (broad SMARTS) is 1. The first-order chi connectivity index (χ1) is 9.43. The Bertz CT molecular complexity index is 387. The molecule has 2 unspecified atom stereocenters. The molecule has 0 bridgehead atoms. The van der Waals surface area contributed by atoms with Gasteiger partial charge in [0.1, 0.15) is 5.54 Å². The minimum Gasteiger partial charge on any atom is -0.480 e. The lowest BCUT2D eigenvalue weighted by molar-refractivity contribution is -0.156. The van der Waals surface area contributed by atoms with Crippen molar-refractivity contribution >= 4 is 11.9 Å². The number of carboxylic acids is 1. The minimum atomic E-state index is -0.911. The van der Waals surface area contributed by atoms with Gasteiger partial charge in [-0.15, -0.1) is 0 Å². The molecule has 2 fully saturated rings. The number of carbonyl (C=O) groups is 2. The van der Waals surface area contributed by atoms with Gasteiger partial charge in [-0.2, -0.15) is 0 Å². The van der Waals surface area contributed by atoms with E-state index in [1.807, 2.05) is 11.8 Å². The normalized spacial score (nSPS) is 32.1. The SMILES string of the molecule is CC1CN(C(=O)CN2CCCCC2(C)C(=O)O)CCO1. The average molecular weight is 284 g/mol. The van der Waals surface area contributed by atoms with Crippen molar-refractivity contribution in [2.45, 2.75) is 44.8 Å². The monoisotopic (exact) mass is 284 g/mol. The number of ether oxygens (including phenoxy) is 1. The van der Waals surface area contributed by atoms with Crippen LogP contribution in [-0.4, -0.2) is 71.2 Å². The van der Waals surface area contributed by atoms with E-state index in [9.17, 15) is 14.7 Å². The lowest BCUT2D eigenvalue weighted by Gasteiger charge is -2.42. The number of nitrogens with zero attached hydrogens (tertiary/aromatic N) is 2. The standard InChI is InChI=1S/C14H24N2O4/c1-11-9-15(7-8-20-11)12(17)10-16-6-4-3-5-14(16,2)13(18)19/h11H,3-10H2,1-2H3,(H,18,19). The number of hydrogen-bond acceptors (Lipinski definition) is 4. The highest BCUT2D eigenvalue weighted by atomic mass is 16.5. The molecular weight excluding hydrogens is 260 g/mol. The van der Waals surface area contributed by atoms with Gasteiger partial charge in [-0.1, -0.05) is 0 Å². The quantitative estimate of drug-likeness (QED) is 0.820. The number of aliphatic carboxylic acids is 1. The summed E-state index contributed by atoms with van der Waals surface area (Å²) in [4.78, 5) is 27.5. The largest absolute Gasteiger partial charge is 0.480 e. The van der Waals surface area contributed by atoms with Crippen molar-refractivity contribution in [1.82, 2.24) is 9.80 Å². The van der Waals surface area contributed by atoms with E-state index >= 15 is 0 Å². The first-order valence-corrected chi connectivity index (χ1v) is 7.31. The first kappa shape index (κ1) is 15.3. The zero-order chi connectivity index (χ0) is 14.8. The number of amides is 1. The smallest absolute Gasteiger partial charge is 0.323 e. The fourth-order valence-corrected chi connectivity index (χ4v) is 2.98. The van der Waals surface area contributed by atoms with E-state index in [0.29, 0.717) is 32.7 Å². The molecule has 0 aliphatic carbocycles. The van der Waals surface area contributed by atoms with E-state index in [0.717, 1.165) is 12.8 Å². The van der Waals surface area contributed by atoms with E-state index in [4.69, 9.17) is 4.74 Å². The third-order valence-electron chi connectivity index (χ3n) is 4.42. The summed E-state index contributed by atoms with van der Waals surface area (Å²) in [5.41, 5.74) is -0.911. The van der Waals surface area contributed by atoms with Crippen LogP contribution in [-0.2, 0) is 14.3 Å². The Labute approximate surface area is 119 Å². The first-order valence-electron chi connectivity index (χ1n) is 7.31. The molecule has 1 amide bonds. The van der Waals surface area contributed by atoms with Crippen LogP contribution in [0.5, 0.6) is 0 Å². The predicted octanol–water partition coefficient (Wildman–Crippen LogP) is 0.563. The van der Waals surface area contributed by atoms with Gasteiger partial charge in [-0.3, -0.25) is 14.5 Å². The zero-order valence-electron chi connectivity index (χ0n) is 12.3. The fourth-order valence-electron chi connectivity index (χ4n) is 2.98. The summed E-state index contributed by atoms with van der Waals surface area (Å²) in [6, 6.07) is 0. The molecule has 0 aromatic carbocycles. The van der Waals surface area contributed by atoms with Crippen molar-refractivity contribution < 1.29 is 19.4 Å². The fraction of sp³-hybridized carbons (Fsp3) is 0.857. The van der Waals surface area contributed by atoms with Crippen molar-refractivity contribution in [3.8, 4) is 0 Å². The summed E-state index contributed by atoms with van der Waals surface area (Å²) in [7, 11) is 0. The van der Waals surface area contributed by atoms with Crippen molar-refractivity contribution in [2.24, 2.45) is 0 Å². The maximum Gasteiger partial charge on any atom is 0.323 e. The van der Waals surface area contributed by atoms with Gasteiger partial charge in [0.2, 0.25) is 5.91 Å². The molecule has 2 rings (SSSR count). The molecule has 1 N–H and O–H groups in total. The summed E-state index contributed by atoms with van der Waals surface area (Å²) in [5, 5.41) is 9.45. The van der Waals surface area contributed by atoms with Gasteiger partial charge in [0.05, 0.1) is 19.3 Å². The summed E-state index contributed by atoms with van der Waals surface area (Å²) in [6.07, 6.45) is 2.52. The molecule has 0 saturated carbocycles. The molecule has 2 saturated heterocycles. The third kappa shape index (κ3) is 3.12. The van der Waals surface area contributed by atoms with Crippen LogP contribution in [0.4, 0.5) is 0 Å². The van der Waals surface area contributed by atoms with E-state index in [-0.39, 0.29) is 18.6 Å². The van der Waals surface area contributed by atoms with Crippen molar-refractivity contribution in [3.05, 3.63) is 0 Å². The van der Waals surface area contributed by atoms with Crippen LogP contribution >= 0.6 is 0 Å². The second kappa shape index (κ2) is 6.10. The number of piperidine rings is 1. The Morgan fingerprint density at radius 2 is 2.10 bits per heavy atom. The van der Waals surface area contributed by atoms with Crippen LogP contribution in [0.1, 0.15) is 33.1 Å². The van der Waals surface area contributed by atoms with Crippen LogP contribution in [0, 0.1) is 0 Å². The van der Waals surface area contributed by atoms with Gasteiger partial charge >= 0.3 is 5.97 Å². The Morgan fingerprint density at radius 1 is 1.35 bits per heavy atom. The molecule has 0 aromatic rings. The summed E-state index contributed by atoms with van der Waals surface area (Å²) in [5.74, 6) is -0.824. The molecule has 0 radical (unpaired) electrons.